The molecule has 1 aliphatic carbocycles. The summed E-state index contributed by atoms with van der Waals surface area (Å²) in [6.07, 6.45) is 8.27. The number of aliphatic imine (C=N–C) groups is 1. The van der Waals surface area contributed by atoms with Gasteiger partial charge in [-0.05, 0) is 56.6 Å². The van der Waals surface area contributed by atoms with Crippen LogP contribution in [0, 0.1) is 11.8 Å². The fraction of sp³-hybridized carbons (Fsp3) is 0.323. The summed E-state index contributed by atoms with van der Waals surface area (Å²) in [5.41, 5.74) is 12.4. The Morgan fingerprint density at radius 2 is 1.82 bits per heavy atom. The molecule has 3 heterocycles. The first-order valence-corrected chi connectivity index (χ1v) is 13.9. The van der Waals surface area contributed by atoms with E-state index in [9.17, 15) is 4.79 Å². The maximum atomic E-state index is 11.8. The molecule has 1 fully saturated rings. The summed E-state index contributed by atoms with van der Waals surface area (Å²) < 4.78 is 0. The molecule has 8 heteroatoms. The van der Waals surface area contributed by atoms with Gasteiger partial charge in [-0.25, -0.2) is 14.8 Å². The van der Waals surface area contributed by atoms with E-state index in [2.05, 4.69) is 68.3 Å². The quantitative estimate of drug-likeness (QED) is 0.374. The Kier molecular flexibility index (Phi) is 6.92. The Balaban J connectivity index is 1.23. The predicted octanol–water partition coefficient (Wildman–Crippen LogP) is 4.77. The van der Waals surface area contributed by atoms with E-state index < -0.39 is 0 Å². The second-order valence-corrected chi connectivity index (χ2v) is 10.5. The largest absolute Gasteiger partial charge is 0.382 e. The molecule has 0 bridgehead atoms. The standard InChI is InChI=1S/C31H35N7O/c1-2-33-31(39)35-19-20-8-10-23(11-9-20)30-37-27(28-29(32)34-16-17-38(28)30)24-13-12-22-14-15-25(36-26(22)18-24)21-6-4-3-5-7-21/h3-7,12-18,20,23,30,37H,2,8-11,19H2,1H3,(H2,32,34)(H2,33,35,39)/t20-,23-,30?. The van der Waals surface area contributed by atoms with Crippen molar-refractivity contribution in [3.63, 3.8) is 0 Å². The van der Waals surface area contributed by atoms with E-state index in [4.69, 9.17) is 10.7 Å². The number of aromatic nitrogens is 1. The third-order valence-corrected chi connectivity index (χ3v) is 8.05. The minimum Gasteiger partial charge on any atom is -0.382 e. The van der Waals surface area contributed by atoms with E-state index in [0.29, 0.717) is 24.2 Å². The zero-order valence-electron chi connectivity index (χ0n) is 22.2. The average molecular weight is 522 g/mol. The van der Waals surface area contributed by atoms with Gasteiger partial charge in [0, 0.05) is 42.0 Å². The first kappa shape index (κ1) is 25.0. The van der Waals surface area contributed by atoms with Crippen LogP contribution in [0.15, 0.2) is 83.8 Å². The van der Waals surface area contributed by atoms with E-state index in [1.165, 1.54) is 0 Å². The molecule has 8 nitrogen and oxygen atoms in total. The number of rotatable bonds is 6. The van der Waals surface area contributed by atoms with Crippen molar-refractivity contribution >= 4 is 28.5 Å². The van der Waals surface area contributed by atoms with E-state index in [-0.39, 0.29) is 12.2 Å². The molecule has 0 radical (unpaired) electrons. The smallest absolute Gasteiger partial charge is 0.314 e. The van der Waals surface area contributed by atoms with Gasteiger partial charge >= 0.3 is 6.03 Å². The van der Waals surface area contributed by atoms with Crippen LogP contribution in [-0.2, 0) is 0 Å². The third-order valence-electron chi connectivity index (χ3n) is 8.05. The number of amides is 2. The lowest BCUT2D eigenvalue weighted by atomic mass is 9.80. The van der Waals surface area contributed by atoms with Gasteiger partial charge in [0.15, 0.2) is 0 Å². The fourth-order valence-corrected chi connectivity index (χ4v) is 6.00. The molecule has 0 saturated heterocycles. The number of hydrogen-bond acceptors (Lipinski definition) is 6. The minimum absolute atomic E-state index is 0.0791. The predicted molar refractivity (Wildman–Crippen MR) is 156 cm³/mol. The monoisotopic (exact) mass is 521 g/mol. The number of benzene rings is 2. The van der Waals surface area contributed by atoms with Crippen molar-refractivity contribution in [1.82, 2.24) is 25.8 Å². The molecule has 200 valence electrons. The van der Waals surface area contributed by atoms with Crippen LogP contribution in [-0.4, -0.2) is 41.0 Å². The second kappa shape index (κ2) is 10.8. The molecule has 1 atom stereocenters. The third kappa shape index (κ3) is 5.06. The highest BCUT2D eigenvalue weighted by Gasteiger charge is 2.39. The van der Waals surface area contributed by atoms with Crippen molar-refractivity contribution in [3.8, 4) is 11.3 Å². The van der Waals surface area contributed by atoms with Crippen LogP contribution < -0.4 is 21.7 Å². The molecule has 3 aromatic rings. The van der Waals surface area contributed by atoms with Gasteiger partial charge in [0.25, 0.3) is 0 Å². The number of hydrogen-bond donors (Lipinski definition) is 4. The summed E-state index contributed by atoms with van der Waals surface area (Å²) in [5.74, 6) is 1.48. The van der Waals surface area contributed by atoms with Crippen LogP contribution in [0.3, 0.4) is 0 Å². The van der Waals surface area contributed by atoms with Gasteiger partial charge in [-0.3, -0.25) is 0 Å². The minimum atomic E-state index is -0.0791. The number of nitrogens with one attached hydrogen (secondary N) is 3. The number of urea groups is 1. The Labute approximate surface area is 229 Å². The molecular formula is C31H35N7O. The lowest BCUT2D eigenvalue weighted by Gasteiger charge is -2.37. The fourth-order valence-electron chi connectivity index (χ4n) is 6.00. The molecular weight excluding hydrogens is 486 g/mol. The van der Waals surface area contributed by atoms with Crippen LogP contribution in [0.1, 0.15) is 38.2 Å². The number of fused-ring (bicyclic) bond motifs is 2. The van der Waals surface area contributed by atoms with Crippen LogP contribution in [0.25, 0.3) is 27.9 Å². The summed E-state index contributed by atoms with van der Waals surface area (Å²) in [7, 11) is 0. The first-order valence-electron chi connectivity index (χ1n) is 13.9. The summed E-state index contributed by atoms with van der Waals surface area (Å²) in [4.78, 5) is 23.5. The van der Waals surface area contributed by atoms with Crippen molar-refractivity contribution in [2.45, 2.75) is 38.8 Å². The molecule has 2 aliphatic heterocycles. The van der Waals surface area contributed by atoms with E-state index in [1.54, 1.807) is 6.20 Å². The number of nitrogens with zero attached hydrogens (tertiary/aromatic N) is 3. The highest BCUT2D eigenvalue weighted by atomic mass is 16.2. The van der Waals surface area contributed by atoms with Crippen molar-refractivity contribution < 1.29 is 4.79 Å². The summed E-state index contributed by atoms with van der Waals surface area (Å²) in [6, 6.07) is 20.8. The Morgan fingerprint density at radius 3 is 2.62 bits per heavy atom. The molecule has 3 aliphatic rings. The molecule has 2 amide bonds. The van der Waals surface area contributed by atoms with Gasteiger partial charge in [-0.15, -0.1) is 0 Å². The van der Waals surface area contributed by atoms with E-state index >= 15 is 0 Å². The lowest BCUT2D eigenvalue weighted by molar-refractivity contribution is 0.167. The topological polar surface area (TPSA) is 108 Å². The highest BCUT2D eigenvalue weighted by Crippen LogP contribution is 2.39. The number of nitrogens with two attached hydrogens (primary N) is 1. The SMILES string of the molecule is CCNC(=O)NC[C@H]1CC[C@H](C2NC(c3ccc4ccc(-c5ccccc5)nc4c3)=C3C(N)=NC=CN32)CC1. The van der Waals surface area contributed by atoms with Crippen LogP contribution in [0.2, 0.25) is 0 Å². The highest BCUT2D eigenvalue weighted by molar-refractivity contribution is 6.05. The summed E-state index contributed by atoms with van der Waals surface area (Å²) >= 11 is 0. The zero-order valence-corrected chi connectivity index (χ0v) is 22.2. The molecule has 6 rings (SSSR count). The Bertz CT molecular complexity index is 1450. The Hall–Kier alpha value is -4.33. The summed E-state index contributed by atoms with van der Waals surface area (Å²) in [6.45, 7) is 3.29. The van der Waals surface area contributed by atoms with Crippen molar-refractivity contribution in [1.29, 1.82) is 0 Å². The zero-order chi connectivity index (χ0) is 26.8. The van der Waals surface area contributed by atoms with Crippen molar-refractivity contribution in [3.05, 3.63) is 84.3 Å². The maximum Gasteiger partial charge on any atom is 0.314 e. The summed E-state index contributed by atoms with van der Waals surface area (Å²) in [5, 5.41) is 10.7. The van der Waals surface area contributed by atoms with Crippen molar-refractivity contribution in [2.24, 2.45) is 22.6 Å². The second-order valence-electron chi connectivity index (χ2n) is 10.5. The number of amidine groups is 1. The molecule has 39 heavy (non-hydrogen) atoms. The molecule has 2 aromatic carbocycles. The van der Waals surface area contributed by atoms with Crippen molar-refractivity contribution in [2.75, 3.05) is 13.1 Å². The van der Waals surface area contributed by atoms with Gasteiger partial charge < -0.3 is 26.6 Å². The van der Waals surface area contributed by atoms with E-state index in [1.807, 2.05) is 31.3 Å². The van der Waals surface area contributed by atoms with Gasteiger partial charge in [-0.1, -0.05) is 48.5 Å². The Morgan fingerprint density at radius 1 is 1.03 bits per heavy atom. The number of carbonyl (C=O) groups is 1. The van der Waals surface area contributed by atoms with Gasteiger partial charge in [0.05, 0.1) is 16.9 Å². The molecule has 1 saturated carbocycles. The lowest BCUT2D eigenvalue weighted by Crippen LogP contribution is -2.45. The van der Waals surface area contributed by atoms with E-state index in [0.717, 1.165) is 71.3 Å². The average Bonchev–Trinajstić information content (AvgIpc) is 3.37. The normalized spacial score (nSPS) is 22.3. The van der Waals surface area contributed by atoms with Gasteiger partial charge in [0.1, 0.15) is 17.7 Å². The van der Waals surface area contributed by atoms with Gasteiger partial charge in [-0.2, -0.15) is 0 Å². The molecule has 1 aromatic heterocycles. The number of pyridine rings is 1. The molecule has 5 N–H and O–H groups in total. The number of carbonyl (C=O) groups excluding carboxylic acids is 1. The van der Waals surface area contributed by atoms with Crippen LogP contribution >= 0.6 is 0 Å². The van der Waals surface area contributed by atoms with Gasteiger partial charge in [0.2, 0.25) is 0 Å². The van der Waals surface area contributed by atoms with Crippen LogP contribution in [0.4, 0.5) is 4.79 Å². The molecule has 1 unspecified atom stereocenters. The maximum absolute atomic E-state index is 11.8. The van der Waals surface area contributed by atoms with Crippen LogP contribution in [0.5, 0.6) is 0 Å². The first-order chi connectivity index (χ1) is 19.1. The molecule has 0 spiro atoms.